The number of rotatable bonds is 7. The molecule has 4 rings (SSSR count). The van der Waals surface area contributed by atoms with Gasteiger partial charge in [0.15, 0.2) is 0 Å². The highest BCUT2D eigenvalue weighted by Crippen LogP contribution is 2.31. The minimum Gasteiger partial charge on any atom is -0.376 e. The van der Waals surface area contributed by atoms with E-state index in [1.54, 1.807) is 25.1 Å². The average molecular weight is 487 g/mol. The molecule has 3 N–H and O–H groups in total. The van der Waals surface area contributed by atoms with E-state index in [-0.39, 0.29) is 16.9 Å². The molecule has 0 aromatic heterocycles. The Morgan fingerprint density at radius 1 is 1.09 bits per heavy atom. The highest BCUT2D eigenvalue weighted by Gasteiger charge is 2.24. The Kier molecular flexibility index (Phi) is 7.45. The number of nitrogens with one attached hydrogen (secondary N) is 3. The van der Waals surface area contributed by atoms with Crippen LogP contribution in [0.3, 0.4) is 0 Å². The molecule has 0 radical (unpaired) electrons. The zero-order valence-electron chi connectivity index (χ0n) is 20.1. The summed E-state index contributed by atoms with van der Waals surface area (Å²) >= 11 is 0. The van der Waals surface area contributed by atoms with Crippen LogP contribution in [-0.4, -0.2) is 59.8 Å². The number of amides is 1. The fourth-order valence-electron chi connectivity index (χ4n) is 4.48. The van der Waals surface area contributed by atoms with E-state index in [1.807, 2.05) is 26.0 Å². The van der Waals surface area contributed by atoms with Crippen molar-refractivity contribution in [1.82, 2.24) is 10.6 Å². The average Bonchev–Trinajstić information content (AvgIpc) is 3.34. The molecule has 34 heavy (non-hydrogen) atoms. The third-order valence-corrected chi connectivity index (χ3v) is 8.06. The fraction of sp³-hybridized carbons (Fsp3) is 0.480. The van der Waals surface area contributed by atoms with E-state index < -0.39 is 10.0 Å². The van der Waals surface area contributed by atoms with Crippen molar-refractivity contribution in [2.45, 2.75) is 44.6 Å². The molecule has 2 fully saturated rings. The molecular weight excluding hydrogens is 452 g/mol. The van der Waals surface area contributed by atoms with Crippen molar-refractivity contribution in [3.05, 3.63) is 52.6 Å². The van der Waals surface area contributed by atoms with E-state index in [1.165, 1.54) is 0 Å². The van der Waals surface area contributed by atoms with Gasteiger partial charge in [0.05, 0.1) is 22.4 Å². The topological polar surface area (TPSA) is 99.8 Å². The summed E-state index contributed by atoms with van der Waals surface area (Å²) in [5.74, 6) is -0.245. The fourth-order valence-corrected chi connectivity index (χ4v) is 5.86. The van der Waals surface area contributed by atoms with Gasteiger partial charge in [-0.2, -0.15) is 0 Å². The maximum atomic E-state index is 13.4. The monoisotopic (exact) mass is 486 g/mol. The molecule has 2 heterocycles. The summed E-state index contributed by atoms with van der Waals surface area (Å²) in [6, 6.07) is 8.81. The third-order valence-electron chi connectivity index (χ3n) is 6.56. The number of benzene rings is 2. The van der Waals surface area contributed by atoms with Gasteiger partial charge < -0.3 is 20.3 Å². The van der Waals surface area contributed by atoms with E-state index >= 15 is 0 Å². The van der Waals surface area contributed by atoms with Crippen molar-refractivity contribution in [2.24, 2.45) is 0 Å². The number of sulfonamides is 1. The SMILES string of the molecule is Cc1cc(C)c(S(=O)(=O)Nc2cc(C(=O)NC[C@@H]3CCCO3)ccc2N2CCNCC2)cc1C. The van der Waals surface area contributed by atoms with Crippen LogP contribution in [0.4, 0.5) is 11.4 Å². The van der Waals surface area contributed by atoms with E-state index in [4.69, 9.17) is 4.74 Å². The second kappa shape index (κ2) is 10.3. The summed E-state index contributed by atoms with van der Waals surface area (Å²) in [5.41, 5.74) is 4.22. The lowest BCUT2D eigenvalue weighted by Crippen LogP contribution is -2.43. The molecule has 8 nitrogen and oxygen atoms in total. The Bertz CT molecular complexity index is 1150. The highest BCUT2D eigenvalue weighted by molar-refractivity contribution is 7.92. The van der Waals surface area contributed by atoms with Crippen LogP contribution in [0.2, 0.25) is 0 Å². The Morgan fingerprint density at radius 3 is 2.53 bits per heavy atom. The lowest BCUT2D eigenvalue weighted by Gasteiger charge is -2.31. The second-order valence-corrected chi connectivity index (χ2v) is 10.8. The second-order valence-electron chi connectivity index (χ2n) is 9.12. The summed E-state index contributed by atoms with van der Waals surface area (Å²) < 4.78 is 35.3. The molecular formula is C25H34N4O4S. The largest absolute Gasteiger partial charge is 0.376 e. The number of carbonyl (C=O) groups excluding carboxylic acids is 1. The molecule has 2 aliphatic rings. The zero-order valence-corrected chi connectivity index (χ0v) is 20.9. The van der Waals surface area contributed by atoms with Crippen molar-refractivity contribution >= 4 is 27.3 Å². The minimum absolute atomic E-state index is 0.0369. The van der Waals surface area contributed by atoms with Crippen molar-refractivity contribution in [1.29, 1.82) is 0 Å². The first-order chi connectivity index (χ1) is 16.2. The van der Waals surface area contributed by atoms with Crippen LogP contribution in [0, 0.1) is 20.8 Å². The van der Waals surface area contributed by atoms with Gasteiger partial charge in [0.2, 0.25) is 0 Å². The molecule has 2 aliphatic heterocycles. The zero-order chi connectivity index (χ0) is 24.3. The van der Waals surface area contributed by atoms with Gasteiger partial charge in [0, 0.05) is 44.9 Å². The quantitative estimate of drug-likeness (QED) is 0.557. The number of anilines is 2. The lowest BCUT2D eigenvalue weighted by molar-refractivity contribution is 0.0858. The number of hydrogen-bond acceptors (Lipinski definition) is 6. The summed E-state index contributed by atoms with van der Waals surface area (Å²) in [7, 11) is -3.86. The molecule has 0 spiro atoms. The maximum absolute atomic E-state index is 13.4. The van der Waals surface area contributed by atoms with Gasteiger partial charge in [-0.3, -0.25) is 9.52 Å². The number of carbonyl (C=O) groups is 1. The minimum atomic E-state index is -3.86. The molecule has 184 valence electrons. The van der Waals surface area contributed by atoms with Gasteiger partial charge in [-0.05, 0) is 74.6 Å². The molecule has 9 heteroatoms. The molecule has 1 amide bonds. The van der Waals surface area contributed by atoms with Gasteiger partial charge in [-0.1, -0.05) is 6.07 Å². The van der Waals surface area contributed by atoms with Crippen molar-refractivity contribution in [2.75, 3.05) is 49.0 Å². The molecule has 0 bridgehead atoms. The maximum Gasteiger partial charge on any atom is 0.262 e. The summed E-state index contributed by atoms with van der Waals surface area (Å²) in [6.45, 7) is 9.96. The Labute approximate surface area is 202 Å². The van der Waals surface area contributed by atoms with Crippen LogP contribution < -0.4 is 20.3 Å². The molecule has 0 unspecified atom stereocenters. The van der Waals surface area contributed by atoms with Crippen molar-refractivity contribution < 1.29 is 17.9 Å². The molecule has 2 saturated heterocycles. The smallest absolute Gasteiger partial charge is 0.262 e. The van der Waals surface area contributed by atoms with Crippen molar-refractivity contribution in [3.63, 3.8) is 0 Å². The van der Waals surface area contributed by atoms with Crippen molar-refractivity contribution in [3.8, 4) is 0 Å². The number of piperazine rings is 1. The predicted molar refractivity (Wildman–Crippen MR) is 134 cm³/mol. The molecule has 0 saturated carbocycles. The van der Waals surface area contributed by atoms with Crippen LogP contribution in [-0.2, 0) is 14.8 Å². The Morgan fingerprint density at radius 2 is 1.82 bits per heavy atom. The summed E-state index contributed by atoms with van der Waals surface area (Å²) in [4.78, 5) is 15.2. The van der Waals surface area contributed by atoms with Gasteiger partial charge in [-0.25, -0.2) is 8.42 Å². The first-order valence-electron chi connectivity index (χ1n) is 11.8. The van der Waals surface area contributed by atoms with E-state index in [9.17, 15) is 13.2 Å². The van der Waals surface area contributed by atoms with Gasteiger partial charge in [0.1, 0.15) is 0 Å². The number of nitrogens with zero attached hydrogens (tertiary/aromatic N) is 1. The predicted octanol–water partition coefficient (Wildman–Crippen LogP) is 2.73. The number of ether oxygens (including phenoxy) is 1. The first kappa shape index (κ1) is 24.5. The standard InChI is InChI=1S/C25H34N4O4S/c1-17-13-19(3)24(14-18(17)2)34(31,32)28-22-15-20(25(30)27-16-21-5-4-12-33-21)6-7-23(22)29-10-8-26-9-11-29/h6-7,13-15,21,26,28H,4-5,8-12,16H2,1-3H3,(H,27,30)/t21-/m0/s1. The van der Waals surface area contributed by atoms with E-state index in [2.05, 4.69) is 20.3 Å². The molecule has 2 aromatic carbocycles. The van der Waals surface area contributed by atoms with Gasteiger partial charge >= 0.3 is 0 Å². The Balaban J connectivity index is 1.64. The normalized spacial score (nSPS) is 18.7. The Hall–Kier alpha value is -2.62. The van der Waals surface area contributed by atoms with Crippen LogP contribution in [0.25, 0.3) is 0 Å². The van der Waals surface area contributed by atoms with Crippen LogP contribution in [0.15, 0.2) is 35.2 Å². The number of hydrogen-bond donors (Lipinski definition) is 3. The number of aryl methyl sites for hydroxylation is 3. The summed E-state index contributed by atoms with van der Waals surface area (Å²) in [5, 5.41) is 6.23. The van der Waals surface area contributed by atoms with Gasteiger partial charge in [0.25, 0.3) is 15.9 Å². The van der Waals surface area contributed by atoms with Crippen LogP contribution in [0.5, 0.6) is 0 Å². The first-order valence-corrected chi connectivity index (χ1v) is 13.3. The van der Waals surface area contributed by atoms with Crippen LogP contribution >= 0.6 is 0 Å². The molecule has 0 aliphatic carbocycles. The third kappa shape index (κ3) is 5.54. The lowest BCUT2D eigenvalue weighted by atomic mass is 10.1. The van der Waals surface area contributed by atoms with Gasteiger partial charge in [-0.15, -0.1) is 0 Å². The summed E-state index contributed by atoms with van der Waals surface area (Å²) in [6.07, 6.45) is 1.97. The van der Waals surface area contributed by atoms with Crippen LogP contribution in [0.1, 0.15) is 39.9 Å². The molecule has 2 aromatic rings. The highest BCUT2D eigenvalue weighted by atomic mass is 32.2. The molecule has 1 atom stereocenters. The van der Waals surface area contributed by atoms with E-state index in [0.717, 1.165) is 62.4 Å². The van der Waals surface area contributed by atoms with E-state index in [0.29, 0.717) is 23.4 Å².